The van der Waals surface area contributed by atoms with Gasteiger partial charge < -0.3 is 10.5 Å². The first kappa shape index (κ1) is 12.0. The Morgan fingerprint density at radius 3 is 2.86 bits per heavy atom. The van der Waals surface area contributed by atoms with Gasteiger partial charge in [0.25, 0.3) is 0 Å². The number of hydrogen-bond acceptors (Lipinski definition) is 2. The molecule has 0 amide bonds. The van der Waals surface area contributed by atoms with Gasteiger partial charge in [-0.05, 0) is 38.0 Å². The molecule has 2 heteroatoms. The van der Waals surface area contributed by atoms with Crippen molar-refractivity contribution < 1.29 is 4.74 Å². The molecule has 3 atom stereocenters. The highest BCUT2D eigenvalue weighted by Crippen LogP contribution is 2.19. The van der Waals surface area contributed by atoms with E-state index in [0.717, 1.165) is 13.0 Å². The number of nitrogens with two attached hydrogens (primary N) is 1. The van der Waals surface area contributed by atoms with Crippen molar-refractivity contribution >= 4 is 0 Å². The molecule has 2 nitrogen and oxygen atoms in total. The third-order valence-corrected chi connectivity index (χ3v) is 3.46. The van der Waals surface area contributed by atoms with Crippen molar-refractivity contribution in [2.45, 2.75) is 64.5 Å². The summed E-state index contributed by atoms with van der Waals surface area (Å²) in [5.74, 6) is 0.666. The van der Waals surface area contributed by atoms with E-state index in [1.807, 2.05) is 0 Å². The summed E-state index contributed by atoms with van der Waals surface area (Å²) < 4.78 is 5.58. The summed E-state index contributed by atoms with van der Waals surface area (Å²) in [6, 6.07) is 0.390. The van der Waals surface area contributed by atoms with E-state index >= 15 is 0 Å². The van der Waals surface area contributed by atoms with Gasteiger partial charge in [-0.2, -0.15) is 0 Å². The van der Waals surface area contributed by atoms with E-state index in [1.165, 1.54) is 32.1 Å². The summed E-state index contributed by atoms with van der Waals surface area (Å²) in [4.78, 5) is 0. The van der Waals surface area contributed by atoms with E-state index in [1.54, 1.807) is 0 Å². The van der Waals surface area contributed by atoms with Gasteiger partial charge >= 0.3 is 0 Å². The lowest BCUT2D eigenvalue weighted by Gasteiger charge is -2.18. The van der Waals surface area contributed by atoms with Crippen LogP contribution in [0.1, 0.15) is 52.4 Å². The standard InChI is InChI=1S/C12H25NO/c1-3-10(2)12(13)8-4-6-11-7-5-9-14-11/h10-12H,3-9,13H2,1-2H3. The second-order valence-electron chi connectivity index (χ2n) is 4.62. The summed E-state index contributed by atoms with van der Waals surface area (Å²) in [6.07, 6.45) is 7.86. The highest BCUT2D eigenvalue weighted by molar-refractivity contribution is 4.70. The van der Waals surface area contributed by atoms with Gasteiger partial charge in [0.1, 0.15) is 0 Å². The molecule has 14 heavy (non-hydrogen) atoms. The second-order valence-corrected chi connectivity index (χ2v) is 4.62. The largest absolute Gasteiger partial charge is 0.378 e. The van der Waals surface area contributed by atoms with Crippen LogP contribution in [0.2, 0.25) is 0 Å². The number of ether oxygens (including phenoxy) is 1. The molecular formula is C12H25NO. The van der Waals surface area contributed by atoms with Crippen molar-refractivity contribution in [3.63, 3.8) is 0 Å². The van der Waals surface area contributed by atoms with Gasteiger partial charge in [-0.3, -0.25) is 0 Å². The van der Waals surface area contributed by atoms with Crippen LogP contribution in [0.4, 0.5) is 0 Å². The Bertz CT molecular complexity index is 143. The Balaban J connectivity index is 2.02. The average molecular weight is 199 g/mol. The van der Waals surface area contributed by atoms with Gasteiger partial charge in [-0.1, -0.05) is 20.3 Å². The summed E-state index contributed by atoms with van der Waals surface area (Å²) in [5.41, 5.74) is 6.07. The highest BCUT2D eigenvalue weighted by atomic mass is 16.5. The van der Waals surface area contributed by atoms with Gasteiger partial charge in [-0.15, -0.1) is 0 Å². The van der Waals surface area contributed by atoms with Crippen molar-refractivity contribution in [3.8, 4) is 0 Å². The summed E-state index contributed by atoms with van der Waals surface area (Å²) >= 11 is 0. The predicted molar refractivity (Wildman–Crippen MR) is 60.3 cm³/mol. The van der Waals surface area contributed by atoms with Crippen LogP contribution in [0.15, 0.2) is 0 Å². The topological polar surface area (TPSA) is 35.2 Å². The average Bonchev–Trinajstić information content (AvgIpc) is 2.69. The maximum absolute atomic E-state index is 6.07. The first-order chi connectivity index (χ1) is 6.74. The zero-order valence-corrected chi connectivity index (χ0v) is 9.67. The smallest absolute Gasteiger partial charge is 0.0576 e. The van der Waals surface area contributed by atoms with E-state index in [9.17, 15) is 0 Å². The Labute approximate surface area is 88.2 Å². The maximum Gasteiger partial charge on any atom is 0.0576 e. The summed E-state index contributed by atoms with van der Waals surface area (Å²) in [5, 5.41) is 0. The molecule has 0 aromatic carbocycles. The summed E-state index contributed by atoms with van der Waals surface area (Å²) in [6.45, 7) is 5.43. The zero-order chi connectivity index (χ0) is 10.4. The van der Waals surface area contributed by atoms with Crippen LogP contribution in [-0.4, -0.2) is 18.8 Å². The minimum absolute atomic E-state index is 0.390. The van der Waals surface area contributed by atoms with Crippen molar-refractivity contribution in [1.82, 2.24) is 0 Å². The van der Waals surface area contributed by atoms with Crippen LogP contribution in [0.3, 0.4) is 0 Å². The molecule has 1 fully saturated rings. The quantitative estimate of drug-likeness (QED) is 0.714. The molecule has 2 N–H and O–H groups in total. The molecule has 0 radical (unpaired) electrons. The molecule has 0 aromatic heterocycles. The van der Waals surface area contributed by atoms with Gasteiger partial charge in [-0.25, -0.2) is 0 Å². The zero-order valence-electron chi connectivity index (χ0n) is 9.67. The van der Waals surface area contributed by atoms with Gasteiger partial charge in [0.05, 0.1) is 6.10 Å². The van der Waals surface area contributed by atoms with Gasteiger partial charge in [0.15, 0.2) is 0 Å². The Hall–Kier alpha value is -0.0800. The van der Waals surface area contributed by atoms with Crippen LogP contribution in [0.5, 0.6) is 0 Å². The summed E-state index contributed by atoms with van der Waals surface area (Å²) in [7, 11) is 0. The van der Waals surface area contributed by atoms with Crippen molar-refractivity contribution in [2.24, 2.45) is 11.7 Å². The molecule has 0 aromatic rings. The fraction of sp³-hybridized carbons (Fsp3) is 1.00. The monoisotopic (exact) mass is 199 g/mol. The van der Waals surface area contributed by atoms with Crippen LogP contribution >= 0.6 is 0 Å². The van der Waals surface area contributed by atoms with E-state index in [-0.39, 0.29) is 0 Å². The van der Waals surface area contributed by atoms with E-state index in [2.05, 4.69) is 13.8 Å². The first-order valence-corrected chi connectivity index (χ1v) is 6.11. The Morgan fingerprint density at radius 2 is 2.29 bits per heavy atom. The molecule has 0 aliphatic carbocycles. The minimum Gasteiger partial charge on any atom is -0.378 e. The maximum atomic E-state index is 6.07. The normalized spacial score (nSPS) is 26.4. The van der Waals surface area contributed by atoms with Gasteiger partial charge in [0, 0.05) is 12.6 Å². The molecule has 1 saturated heterocycles. The molecule has 1 aliphatic heterocycles. The third-order valence-electron chi connectivity index (χ3n) is 3.46. The van der Waals surface area contributed by atoms with Crippen molar-refractivity contribution in [2.75, 3.05) is 6.61 Å². The Morgan fingerprint density at radius 1 is 1.50 bits per heavy atom. The molecular weight excluding hydrogens is 174 g/mol. The fourth-order valence-corrected chi connectivity index (χ4v) is 2.04. The molecule has 1 heterocycles. The third kappa shape index (κ3) is 3.97. The van der Waals surface area contributed by atoms with E-state index in [0.29, 0.717) is 18.1 Å². The predicted octanol–water partition coefficient (Wildman–Crippen LogP) is 2.71. The van der Waals surface area contributed by atoms with Crippen LogP contribution < -0.4 is 5.73 Å². The number of hydrogen-bond donors (Lipinski definition) is 1. The molecule has 0 saturated carbocycles. The SMILES string of the molecule is CCC(C)C(N)CCCC1CCCO1. The molecule has 0 spiro atoms. The molecule has 1 rings (SSSR count). The Kier molecular flexibility index (Phi) is 5.49. The van der Waals surface area contributed by atoms with Crippen LogP contribution in [0.25, 0.3) is 0 Å². The molecule has 1 aliphatic rings. The van der Waals surface area contributed by atoms with Crippen LogP contribution in [0, 0.1) is 5.92 Å². The molecule has 0 bridgehead atoms. The molecule has 84 valence electrons. The lowest BCUT2D eigenvalue weighted by atomic mass is 9.94. The minimum atomic E-state index is 0.390. The van der Waals surface area contributed by atoms with Crippen LogP contribution in [-0.2, 0) is 4.74 Å². The molecule has 3 unspecified atom stereocenters. The highest BCUT2D eigenvalue weighted by Gasteiger charge is 2.16. The van der Waals surface area contributed by atoms with Gasteiger partial charge in [0.2, 0.25) is 0 Å². The number of rotatable bonds is 6. The second kappa shape index (κ2) is 6.41. The van der Waals surface area contributed by atoms with E-state index in [4.69, 9.17) is 10.5 Å². The van der Waals surface area contributed by atoms with Crippen molar-refractivity contribution in [1.29, 1.82) is 0 Å². The first-order valence-electron chi connectivity index (χ1n) is 6.11. The lowest BCUT2D eigenvalue weighted by Crippen LogP contribution is -2.27. The van der Waals surface area contributed by atoms with Crippen molar-refractivity contribution in [3.05, 3.63) is 0 Å². The lowest BCUT2D eigenvalue weighted by molar-refractivity contribution is 0.101. The fourth-order valence-electron chi connectivity index (χ4n) is 2.04. The van der Waals surface area contributed by atoms with E-state index < -0.39 is 0 Å².